The molecule has 0 atom stereocenters. The Balaban J connectivity index is 2.45. The molecule has 1 aliphatic rings. The number of rotatable bonds is 4. The average molecular weight is 232 g/mol. The van der Waals surface area contributed by atoms with Crippen LogP contribution in [0.25, 0.3) is 0 Å². The summed E-state index contributed by atoms with van der Waals surface area (Å²) in [5.41, 5.74) is -0.916. The van der Waals surface area contributed by atoms with Crippen LogP contribution in [0.2, 0.25) is 0 Å². The number of hydrogen-bond donors (Lipinski definition) is 2. The maximum Gasteiger partial charge on any atom is 0.225 e. The summed E-state index contributed by atoms with van der Waals surface area (Å²) >= 11 is 0. The van der Waals surface area contributed by atoms with Crippen LogP contribution < -0.4 is 4.72 Å². The highest BCUT2D eigenvalue weighted by Crippen LogP contribution is 2.27. The minimum atomic E-state index is -3.54. The highest BCUT2D eigenvalue weighted by molar-refractivity contribution is 7.89. The molecule has 1 aliphatic carbocycles. The second kappa shape index (κ2) is 4.92. The molecule has 6 heteroatoms. The lowest BCUT2D eigenvalue weighted by Gasteiger charge is -2.31. The van der Waals surface area contributed by atoms with E-state index in [-0.39, 0.29) is 6.54 Å². The van der Waals surface area contributed by atoms with E-state index in [0.29, 0.717) is 12.8 Å². The molecule has 15 heavy (non-hydrogen) atoms. The summed E-state index contributed by atoms with van der Waals surface area (Å²) in [6, 6.07) is 1.58. The molecule has 0 saturated heterocycles. The van der Waals surface area contributed by atoms with Gasteiger partial charge in [-0.25, -0.2) is 13.1 Å². The number of nitrogens with zero attached hydrogens (tertiary/aromatic N) is 1. The van der Waals surface area contributed by atoms with Gasteiger partial charge in [-0.15, -0.1) is 0 Å². The van der Waals surface area contributed by atoms with Crippen molar-refractivity contribution in [3.8, 4) is 6.07 Å². The molecule has 1 rings (SSSR count). The molecule has 0 radical (unpaired) electrons. The van der Waals surface area contributed by atoms with Gasteiger partial charge in [0.25, 0.3) is 0 Å². The average Bonchev–Trinajstić information content (AvgIpc) is 2.17. The van der Waals surface area contributed by atoms with E-state index in [1.807, 2.05) is 0 Å². The molecule has 5 nitrogen and oxygen atoms in total. The first-order valence-electron chi connectivity index (χ1n) is 5.04. The summed E-state index contributed by atoms with van der Waals surface area (Å²) in [7, 11) is -3.54. The summed E-state index contributed by atoms with van der Waals surface area (Å²) in [5, 5.41) is 18.3. The number of nitrogens with one attached hydrogen (secondary N) is 1. The first kappa shape index (κ1) is 12.4. The van der Waals surface area contributed by atoms with Crippen molar-refractivity contribution in [3.63, 3.8) is 0 Å². The molecule has 0 aromatic rings. The Morgan fingerprint density at radius 1 is 1.33 bits per heavy atom. The molecular weight excluding hydrogens is 216 g/mol. The predicted octanol–water partition coefficient (Wildman–Crippen LogP) is 0.125. The van der Waals surface area contributed by atoms with Crippen LogP contribution in [0.1, 0.15) is 32.1 Å². The van der Waals surface area contributed by atoms with Gasteiger partial charge >= 0.3 is 0 Å². The number of nitriles is 1. The number of sulfonamides is 1. The van der Waals surface area contributed by atoms with Crippen molar-refractivity contribution in [1.82, 2.24) is 4.72 Å². The Labute approximate surface area is 90.2 Å². The Morgan fingerprint density at radius 2 is 1.93 bits per heavy atom. The van der Waals surface area contributed by atoms with E-state index in [4.69, 9.17) is 5.26 Å². The Bertz CT molecular complexity index is 339. The first-order valence-corrected chi connectivity index (χ1v) is 6.69. The van der Waals surface area contributed by atoms with Gasteiger partial charge in [0.2, 0.25) is 10.0 Å². The van der Waals surface area contributed by atoms with Crippen molar-refractivity contribution in [3.05, 3.63) is 0 Å². The second-order valence-corrected chi connectivity index (χ2v) is 5.83. The van der Waals surface area contributed by atoms with Crippen molar-refractivity contribution in [2.75, 3.05) is 12.3 Å². The fourth-order valence-corrected chi connectivity index (χ4v) is 2.53. The number of hydrogen-bond acceptors (Lipinski definition) is 4. The molecule has 0 amide bonds. The van der Waals surface area contributed by atoms with Crippen LogP contribution in [0.3, 0.4) is 0 Å². The van der Waals surface area contributed by atoms with Crippen LogP contribution in [0.5, 0.6) is 0 Å². The van der Waals surface area contributed by atoms with Gasteiger partial charge in [0.15, 0.2) is 5.75 Å². The highest BCUT2D eigenvalue weighted by atomic mass is 32.2. The lowest BCUT2D eigenvalue weighted by molar-refractivity contribution is 0.00947. The van der Waals surface area contributed by atoms with E-state index in [9.17, 15) is 13.5 Å². The molecular formula is C9H16N2O3S. The van der Waals surface area contributed by atoms with Crippen LogP contribution in [0, 0.1) is 11.3 Å². The third-order valence-electron chi connectivity index (χ3n) is 2.66. The zero-order valence-electron chi connectivity index (χ0n) is 8.57. The largest absolute Gasteiger partial charge is 0.389 e. The third kappa shape index (κ3) is 4.16. The van der Waals surface area contributed by atoms with Crippen LogP contribution >= 0.6 is 0 Å². The van der Waals surface area contributed by atoms with Crippen LogP contribution in [0.4, 0.5) is 0 Å². The van der Waals surface area contributed by atoms with E-state index in [1.165, 1.54) is 0 Å². The van der Waals surface area contributed by atoms with Gasteiger partial charge in [-0.1, -0.05) is 19.3 Å². The zero-order valence-corrected chi connectivity index (χ0v) is 9.39. The molecule has 0 aromatic heterocycles. The third-order valence-corrected chi connectivity index (χ3v) is 3.75. The van der Waals surface area contributed by atoms with E-state index in [1.54, 1.807) is 6.07 Å². The van der Waals surface area contributed by atoms with Crippen LogP contribution in [-0.4, -0.2) is 31.4 Å². The molecule has 0 bridgehead atoms. The Morgan fingerprint density at radius 3 is 2.47 bits per heavy atom. The normalized spacial score (nSPS) is 20.8. The van der Waals surface area contributed by atoms with E-state index < -0.39 is 21.4 Å². The smallest absolute Gasteiger partial charge is 0.225 e. The van der Waals surface area contributed by atoms with E-state index in [0.717, 1.165) is 19.3 Å². The number of aliphatic hydroxyl groups is 1. The van der Waals surface area contributed by atoms with Gasteiger partial charge < -0.3 is 5.11 Å². The fourth-order valence-electron chi connectivity index (χ4n) is 1.77. The maximum atomic E-state index is 11.2. The summed E-state index contributed by atoms with van der Waals surface area (Å²) in [5.74, 6) is -0.553. The van der Waals surface area contributed by atoms with E-state index in [2.05, 4.69) is 4.72 Å². The Kier molecular flexibility index (Phi) is 4.08. The molecule has 1 saturated carbocycles. The topological polar surface area (TPSA) is 90.2 Å². The lowest BCUT2D eigenvalue weighted by atomic mass is 9.85. The van der Waals surface area contributed by atoms with Crippen LogP contribution in [-0.2, 0) is 10.0 Å². The Hall–Kier alpha value is -0.640. The summed E-state index contributed by atoms with van der Waals surface area (Å²) < 4.78 is 24.6. The van der Waals surface area contributed by atoms with Crippen molar-refractivity contribution in [1.29, 1.82) is 5.26 Å². The summed E-state index contributed by atoms with van der Waals surface area (Å²) in [6.45, 7) is 0.0248. The van der Waals surface area contributed by atoms with Crippen molar-refractivity contribution in [2.24, 2.45) is 0 Å². The SMILES string of the molecule is N#CCS(=O)(=O)NCC1(O)CCCCC1. The second-order valence-electron chi connectivity index (χ2n) is 4.02. The van der Waals surface area contributed by atoms with Crippen molar-refractivity contribution >= 4 is 10.0 Å². The monoisotopic (exact) mass is 232 g/mol. The summed E-state index contributed by atoms with van der Waals surface area (Å²) in [4.78, 5) is 0. The van der Waals surface area contributed by atoms with Gasteiger partial charge in [-0.05, 0) is 12.8 Å². The predicted molar refractivity (Wildman–Crippen MR) is 55.4 cm³/mol. The van der Waals surface area contributed by atoms with Gasteiger partial charge in [0, 0.05) is 6.54 Å². The maximum absolute atomic E-state index is 11.2. The fraction of sp³-hybridized carbons (Fsp3) is 0.889. The minimum absolute atomic E-state index is 0.0248. The van der Waals surface area contributed by atoms with Gasteiger partial charge in [-0.2, -0.15) is 5.26 Å². The molecule has 0 aromatic carbocycles. The molecule has 0 unspecified atom stereocenters. The lowest BCUT2D eigenvalue weighted by Crippen LogP contribution is -2.44. The van der Waals surface area contributed by atoms with Gasteiger partial charge in [0.05, 0.1) is 11.7 Å². The highest BCUT2D eigenvalue weighted by Gasteiger charge is 2.30. The van der Waals surface area contributed by atoms with E-state index >= 15 is 0 Å². The molecule has 0 spiro atoms. The molecule has 1 fully saturated rings. The molecule has 86 valence electrons. The quantitative estimate of drug-likeness (QED) is 0.720. The van der Waals surface area contributed by atoms with Gasteiger partial charge in [-0.3, -0.25) is 0 Å². The van der Waals surface area contributed by atoms with Gasteiger partial charge in [0.1, 0.15) is 0 Å². The minimum Gasteiger partial charge on any atom is -0.389 e. The molecule has 2 N–H and O–H groups in total. The summed E-state index contributed by atoms with van der Waals surface area (Å²) in [6.07, 6.45) is 4.20. The van der Waals surface area contributed by atoms with Crippen LogP contribution in [0.15, 0.2) is 0 Å². The standard InChI is InChI=1S/C9H16N2O3S/c10-6-7-15(13,14)11-8-9(12)4-2-1-3-5-9/h11-12H,1-5,7-8H2. The first-order chi connectivity index (χ1) is 6.97. The zero-order chi connectivity index (χ0) is 11.4. The molecule has 0 heterocycles. The molecule has 0 aliphatic heterocycles. The van der Waals surface area contributed by atoms with Crippen molar-refractivity contribution < 1.29 is 13.5 Å². The van der Waals surface area contributed by atoms with Crippen molar-refractivity contribution in [2.45, 2.75) is 37.7 Å².